The maximum atomic E-state index is 14.0. The van der Waals surface area contributed by atoms with Gasteiger partial charge in [-0.15, -0.1) is 0 Å². The lowest BCUT2D eigenvalue weighted by Gasteiger charge is -2.24. The van der Waals surface area contributed by atoms with E-state index in [9.17, 15) is 24.3 Å². The number of anilines is 1. The zero-order valence-electron chi connectivity index (χ0n) is 30.4. The summed E-state index contributed by atoms with van der Waals surface area (Å²) in [7, 11) is 0. The zero-order chi connectivity index (χ0) is 37.8. The standard InChI is InChI=1S/C42H48N4O7/c1-42(2,3)53-40(50)43-24-12-11-19-36(38(48)44-30-22-20-29(26-47)21-23-30)45-39(49)37(25-28-13-5-4-6-14-28)46-41(51)52-27-35-33-17-9-7-15-31(33)32-16-8-10-18-34(32)35/h4-10,13-18,20-23,35-37,47H,11-12,19,24-27H2,1-3H3,(H,43,50)(H,44,48)(H,45,49)(H,46,51). The predicted octanol–water partition coefficient (Wildman–Crippen LogP) is 6.45. The predicted molar refractivity (Wildman–Crippen MR) is 203 cm³/mol. The number of benzene rings is 4. The molecule has 1 aliphatic carbocycles. The van der Waals surface area contributed by atoms with Crippen molar-refractivity contribution in [2.45, 2.75) is 76.7 Å². The average molecular weight is 721 g/mol. The Kier molecular flexibility index (Phi) is 13.2. The molecule has 4 aromatic carbocycles. The van der Waals surface area contributed by atoms with Crippen LogP contribution < -0.4 is 21.3 Å². The molecule has 5 N–H and O–H groups in total. The molecule has 0 heterocycles. The lowest BCUT2D eigenvalue weighted by atomic mass is 9.98. The molecule has 0 aromatic heterocycles. The van der Waals surface area contributed by atoms with Crippen molar-refractivity contribution < 1.29 is 33.8 Å². The molecular weight excluding hydrogens is 672 g/mol. The minimum absolute atomic E-state index is 0.0803. The highest BCUT2D eigenvalue weighted by molar-refractivity contribution is 5.98. The lowest BCUT2D eigenvalue weighted by molar-refractivity contribution is -0.128. The molecule has 0 aliphatic heterocycles. The van der Waals surface area contributed by atoms with E-state index < -0.39 is 41.7 Å². The minimum atomic E-state index is -1.05. The molecule has 11 nitrogen and oxygen atoms in total. The van der Waals surface area contributed by atoms with Crippen molar-refractivity contribution in [2.24, 2.45) is 0 Å². The van der Waals surface area contributed by atoms with Gasteiger partial charge in [0.15, 0.2) is 0 Å². The highest BCUT2D eigenvalue weighted by Gasteiger charge is 2.31. The van der Waals surface area contributed by atoms with E-state index in [1.54, 1.807) is 45.0 Å². The fourth-order valence-electron chi connectivity index (χ4n) is 6.28. The Bertz CT molecular complexity index is 1810. The number of carbonyl (C=O) groups is 4. The number of aliphatic hydroxyl groups excluding tert-OH is 1. The van der Waals surface area contributed by atoms with Crippen LogP contribution in [0.25, 0.3) is 11.1 Å². The summed E-state index contributed by atoms with van der Waals surface area (Å²) in [6, 6.07) is 30.1. The molecule has 4 aromatic rings. The molecule has 0 fully saturated rings. The number of ether oxygens (including phenoxy) is 2. The highest BCUT2D eigenvalue weighted by atomic mass is 16.6. The Labute approximate surface area is 310 Å². The molecule has 1 aliphatic rings. The van der Waals surface area contributed by atoms with E-state index in [1.165, 1.54) is 0 Å². The Morgan fingerprint density at radius 3 is 1.94 bits per heavy atom. The number of aliphatic hydroxyl groups is 1. The van der Waals surface area contributed by atoms with Crippen LogP contribution in [-0.2, 0) is 32.1 Å². The molecule has 5 rings (SSSR count). The number of carbonyl (C=O) groups excluding carboxylic acids is 4. The maximum Gasteiger partial charge on any atom is 0.407 e. The smallest absolute Gasteiger partial charge is 0.407 e. The Morgan fingerprint density at radius 2 is 1.32 bits per heavy atom. The minimum Gasteiger partial charge on any atom is -0.449 e. The quantitative estimate of drug-likeness (QED) is 0.0885. The number of amides is 4. The highest BCUT2D eigenvalue weighted by Crippen LogP contribution is 2.44. The summed E-state index contributed by atoms with van der Waals surface area (Å²) < 4.78 is 11.1. The topological polar surface area (TPSA) is 155 Å². The molecular formula is C42H48N4O7. The fraction of sp³-hybridized carbons (Fsp3) is 0.333. The first-order valence-electron chi connectivity index (χ1n) is 17.9. The molecule has 11 heteroatoms. The van der Waals surface area contributed by atoms with Crippen molar-refractivity contribution in [3.05, 3.63) is 125 Å². The van der Waals surface area contributed by atoms with Gasteiger partial charge in [0.05, 0.1) is 6.61 Å². The van der Waals surface area contributed by atoms with Crippen molar-refractivity contribution in [1.82, 2.24) is 16.0 Å². The van der Waals surface area contributed by atoms with Crippen LogP contribution in [0.4, 0.5) is 15.3 Å². The molecule has 0 saturated carbocycles. The van der Waals surface area contributed by atoms with Gasteiger partial charge in [-0.3, -0.25) is 9.59 Å². The Hall–Kier alpha value is -5.68. The van der Waals surface area contributed by atoms with Gasteiger partial charge in [0.2, 0.25) is 11.8 Å². The fourth-order valence-corrected chi connectivity index (χ4v) is 6.28. The van der Waals surface area contributed by atoms with Crippen LogP contribution >= 0.6 is 0 Å². The summed E-state index contributed by atoms with van der Waals surface area (Å²) in [6.07, 6.45) is 0.144. The van der Waals surface area contributed by atoms with Gasteiger partial charge in [-0.25, -0.2) is 9.59 Å². The third-order valence-corrected chi connectivity index (χ3v) is 8.86. The second-order valence-corrected chi connectivity index (χ2v) is 14.0. The van der Waals surface area contributed by atoms with Gasteiger partial charge in [0.1, 0.15) is 24.3 Å². The van der Waals surface area contributed by atoms with Crippen LogP contribution in [0.1, 0.15) is 68.2 Å². The van der Waals surface area contributed by atoms with Crippen LogP contribution in [0.5, 0.6) is 0 Å². The molecule has 2 atom stereocenters. The number of unbranched alkanes of at least 4 members (excludes halogenated alkanes) is 1. The van der Waals surface area contributed by atoms with Gasteiger partial charge in [0, 0.05) is 24.6 Å². The summed E-state index contributed by atoms with van der Waals surface area (Å²) in [4.78, 5) is 53.0. The van der Waals surface area contributed by atoms with Gasteiger partial charge in [0.25, 0.3) is 0 Å². The monoisotopic (exact) mass is 720 g/mol. The van der Waals surface area contributed by atoms with Crippen molar-refractivity contribution in [1.29, 1.82) is 0 Å². The maximum absolute atomic E-state index is 14.0. The van der Waals surface area contributed by atoms with E-state index in [-0.39, 0.29) is 32.0 Å². The van der Waals surface area contributed by atoms with Gasteiger partial charge in [-0.05, 0) is 85.5 Å². The van der Waals surface area contributed by atoms with E-state index in [0.717, 1.165) is 27.8 Å². The third kappa shape index (κ3) is 11.2. The lowest BCUT2D eigenvalue weighted by Crippen LogP contribution is -2.53. The number of hydrogen-bond donors (Lipinski definition) is 5. The summed E-state index contributed by atoms with van der Waals surface area (Å²) in [5.41, 5.74) is 5.72. The number of fused-ring (bicyclic) bond motifs is 3. The molecule has 0 bridgehead atoms. The van der Waals surface area contributed by atoms with Crippen molar-refractivity contribution >= 4 is 29.7 Å². The summed E-state index contributed by atoms with van der Waals surface area (Å²) in [5, 5.41) is 20.6. The van der Waals surface area contributed by atoms with Crippen LogP contribution in [0.3, 0.4) is 0 Å². The summed E-state index contributed by atoms with van der Waals surface area (Å²) in [5.74, 6) is -1.15. The van der Waals surface area contributed by atoms with Gasteiger partial charge in [-0.2, -0.15) is 0 Å². The zero-order valence-corrected chi connectivity index (χ0v) is 30.4. The van der Waals surface area contributed by atoms with Crippen molar-refractivity contribution in [2.75, 3.05) is 18.5 Å². The van der Waals surface area contributed by atoms with E-state index in [1.807, 2.05) is 66.7 Å². The Morgan fingerprint density at radius 1 is 0.698 bits per heavy atom. The van der Waals surface area contributed by atoms with Crippen LogP contribution in [-0.4, -0.2) is 59.9 Å². The van der Waals surface area contributed by atoms with Crippen molar-refractivity contribution in [3.8, 4) is 11.1 Å². The van der Waals surface area contributed by atoms with Gasteiger partial charge < -0.3 is 35.8 Å². The first-order valence-corrected chi connectivity index (χ1v) is 17.9. The molecule has 53 heavy (non-hydrogen) atoms. The second kappa shape index (κ2) is 18.2. The van der Waals surface area contributed by atoms with E-state index in [4.69, 9.17) is 9.47 Å². The normalized spacial score (nSPS) is 13.1. The Balaban J connectivity index is 1.26. The SMILES string of the molecule is CC(C)(C)OC(=O)NCCCCC(NC(=O)C(Cc1ccccc1)NC(=O)OCC1c2ccccc2-c2ccccc21)C(=O)Nc1ccc(CO)cc1. The molecule has 0 saturated heterocycles. The summed E-state index contributed by atoms with van der Waals surface area (Å²) in [6.45, 7) is 5.61. The molecule has 4 amide bonds. The van der Waals surface area contributed by atoms with Crippen LogP contribution in [0.2, 0.25) is 0 Å². The van der Waals surface area contributed by atoms with E-state index >= 15 is 0 Å². The number of alkyl carbamates (subject to hydrolysis) is 2. The summed E-state index contributed by atoms with van der Waals surface area (Å²) >= 11 is 0. The largest absolute Gasteiger partial charge is 0.449 e. The van der Waals surface area contributed by atoms with Gasteiger partial charge >= 0.3 is 12.2 Å². The molecule has 0 spiro atoms. The van der Waals surface area contributed by atoms with E-state index in [2.05, 4.69) is 33.4 Å². The van der Waals surface area contributed by atoms with Crippen LogP contribution in [0, 0.1) is 0 Å². The van der Waals surface area contributed by atoms with Gasteiger partial charge in [-0.1, -0.05) is 91.0 Å². The van der Waals surface area contributed by atoms with Crippen molar-refractivity contribution in [3.63, 3.8) is 0 Å². The molecule has 278 valence electrons. The number of rotatable bonds is 15. The first kappa shape index (κ1) is 38.5. The molecule has 2 unspecified atom stereocenters. The van der Waals surface area contributed by atoms with E-state index in [0.29, 0.717) is 30.6 Å². The molecule has 0 radical (unpaired) electrons. The number of hydrogen-bond acceptors (Lipinski definition) is 7. The third-order valence-electron chi connectivity index (χ3n) is 8.86. The van der Waals surface area contributed by atoms with Crippen LogP contribution in [0.15, 0.2) is 103 Å². The average Bonchev–Trinajstić information content (AvgIpc) is 3.46. The second-order valence-electron chi connectivity index (χ2n) is 14.0. The first-order chi connectivity index (χ1) is 25.5. The number of nitrogens with one attached hydrogen (secondary N) is 4.